The van der Waals surface area contributed by atoms with Gasteiger partial charge in [-0.15, -0.1) is 0 Å². The van der Waals surface area contributed by atoms with Gasteiger partial charge in [0.15, 0.2) is 0 Å². The van der Waals surface area contributed by atoms with E-state index >= 15 is 0 Å². The summed E-state index contributed by atoms with van der Waals surface area (Å²) in [6.07, 6.45) is 3.34. The van der Waals surface area contributed by atoms with Gasteiger partial charge in [-0.25, -0.2) is 13.2 Å². The SMILES string of the molecule is CCCCCC(F)CC(F)CC(F)CCCCCCCC(=O)O.[Na]. The van der Waals surface area contributed by atoms with Crippen LogP contribution in [0.2, 0.25) is 0 Å². The van der Waals surface area contributed by atoms with Crippen molar-refractivity contribution >= 4 is 35.5 Å². The number of carboxylic acid groups (broad SMARTS) is 1. The first-order valence-corrected chi connectivity index (χ1v) is 9.09. The Morgan fingerprint density at radius 2 is 1.25 bits per heavy atom. The van der Waals surface area contributed by atoms with Crippen molar-refractivity contribution in [1.29, 1.82) is 0 Å². The maximum absolute atomic E-state index is 13.7. The van der Waals surface area contributed by atoms with Gasteiger partial charge in [0.1, 0.15) is 18.5 Å². The molecule has 0 spiro atoms. The fourth-order valence-corrected chi connectivity index (χ4v) is 2.68. The van der Waals surface area contributed by atoms with Crippen LogP contribution in [0.15, 0.2) is 0 Å². The Kier molecular flexibility index (Phi) is 19.9. The first-order chi connectivity index (χ1) is 11.0. The number of hydrogen-bond acceptors (Lipinski definition) is 1. The topological polar surface area (TPSA) is 37.3 Å². The molecule has 3 atom stereocenters. The van der Waals surface area contributed by atoms with Gasteiger partial charge in [-0.3, -0.25) is 4.79 Å². The van der Waals surface area contributed by atoms with Crippen LogP contribution in [0.5, 0.6) is 0 Å². The zero-order chi connectivity index (χ0) is 17.5. The van der Waals surface area contributed by atoms with Crippen molar-refractivity contribution in [1.82, 2.24) is 0 Å². The fourth-order valence-electron chi connectivity index (χ4n) is 2.68. The molecule has 0 aliphatic rings. The molecule has 0 saturated heterocycles. The molecule has 3 unspecified atom stereocenters. The molecule has 1 radical (unpaired) electrons. The van der Waals surface area contributed by atoms with E-state index in [4.69, 9.17) is 5.11 Å². The van der Waals surface area contributed by atoms with Crippen LogP contribution in [0, 0.1) is 0 Å². The Hall–Kier alpha value is 0.260. The third-order valence-corrected chi connectivity index (χ3v) is 4.05. The van der Waals surface area contributed by atoms with Crippen molar-refractivity contribution in [2.75, 3.05) is 0 Å². The number of hydrogen-bond donors (Lipinski definition) is 1. The minimum Gasteiger partial charge on any atom is -0.481 e. The van der Waals surface area contributed by atoms with Crippen molar-refractivity contribution in [2.24, 2.45) is 0 Å². The number of aliphatic carboxylic acids is 1. The zero-order valence-corrected chi connectivity index (χ0v) is 17.4. The van der Waals surface area contributed by atoms with Gasteiger partial charge in [0.05, 0.1) is 0 Å². The van der Waals surface area contributed by atoms with Crippen LogP contribution in [-0.2, 0) is 4.79 Å². The molecule has 0 aromatic carbocycles. The number of carboxylic acids is 1. The van der Waals surface area contributed by atoms with Gasteiger partial charge in [-0.05, 0) is 19.3 Å². The molecule has 24 heavy (non-hydrogen) atoms. The molecule has 2 nitrogen and oxygen atoms in total. The summed E-state index contributed by atoms with van der Waals surface area (Å²) in [5.74, 6) is -0.788. The molecule has 0 bridgehead atoms. The summed E-state index contributed by atoms with van der Waals surface area (Å²) >= 11 is 0. The van der Waals surface area contributed by atoms with E-state index in [0.717, 1.165) is 38.5 Å². The van der Waals surface area contributed by atoms with Crippen LogP contribution in [0.1, 0.15) is 90.4 Å². The number of unbranched alkanes of at least 4 members (excludes halogenated alkanes) is 6. The minimum absolute atomic E-state index is 0. The molecule has 0 amide bonds. The van der Waals surface area contributed by atoms with E-state index in [1.807, 2.05) is 6.92 Å². The number of rotatable bonds is 16. The Balaban J connectivity index is 0. The summed E-state index contributed by atoms with van der Waals surface area (Å²) in [6, 6.07) is 0. The van der Waals surface area contributed by atoms with Gasteiger partial charge in [0.25, 0.3) is 0 Å². The first-order valence-electron chi connectivity index (χ1n) is 9.09. The second-order valence-corrected chi connectivity index (χ2v) is 6.46. The van der Waals surface area contributed by atoms with E-state index in [1.54, 1.807) is 0 Å². The largest absolute Gasteiger partial charge is 0.481 e. The third-order valence-electron chi connectivity index (χ3n) is 4.05. The summed E-state index contributed by atoms with van der Waals surface area (Å²) in [7, 11) is 0. The molecule has 0 aliphatic heterocycles. The quantitative estimate of drug-likeness (QED) is 0.279. The molecule has 0 aliphatic carbocycles. The van der Waals surface area contributed by atoms with Crippen LogP contribution in [0.3, 0.4) is 0 Å². The third kappa shape index (κ3) is 18.6. The predicted octanol–water partition coefficient (Wildman–Crippen LogP) is 5.80. The average molecular weight is 361 g/mol. The van der Waals surface area contributed by atoms with Gasteiger partial charge < -0.3 is 5.11 Å². The molecule has 1 N–H and O–H groups in total. The summed E-state index contributed by atoms with van der Waals surface area (Å²) in [5, 5.41) is 8.48. The van der Waals surface area contributed by atoms with Crippen LogP contribution in [-0.4, -0.2) is 59.1 Å². The van der Waals surface area contributed by atoms with Crippen LogP contribution in [0.4, 0.5) is 13.2 Å². The maximum atomic E-state index is 13.7. The van der Waals surface area contributed by atoms with E-state index in [1.165, 1.54) is 0 Å². The van der Waals surface area contributed by atoms with E-state index < -0.39 is 24.5 Å². The summed E-state index contributed by atoms with van der Waals surface area (Å²) in [5.41, 5.74) is 0. The van der Waals surface area contributed by atoms with Crippen molar-refractivity contribution in [3.05, 3.63) is 0 Å². The molecule has 139 valence electrons. The summed E-state index contributed by atoms with van der Waals surface area (Å²) < 4.78 is 40.8. The van der Waals surface area contributed by atoms with E-state index in [2.05, 4.69) is 0 Å². The van der Waals surface area contributed by atoms with Crippen LogP contribution < -0.4 is 0 Å². The standard InChI is InChI=1S/C18H33F3O2.Na/c1-2-3-7-10-15(19)13-17(21)14-16(20)11-8-5-4-6-9-12-18(22)23;/h15-17H,2-14H2,1H3,(H,22,23);. The molecule has 0 saturated carbocycles. The molecule has 0 rings (SSSR count). The molecule has 0 aromatic rings. The van der Waals surface area contributed by atoms with Gasteiger partial charge in [0, 0.05) is 48.8 Å². The van der Waals surface area contributed by atoms with Gasteiger partial charge in [-0.2, -0.15) is 0 Å². The van der Waals surface area contributed by atoms with Crippen molar-refractivity contribution in [3.8, 4) is 0 Å². The molecule has 0 fully saturated rings. The first kappa shape index (κ1) is 26.5. The molecular weight excluding hydrogens is 328 g/mol. The Bertz CT molecular complexity index is 293. The molecule has 6 heteroatoms. The maximum Gasteiger partial charge on any atom is 0.303 e. The Labute approximate surface area is 167 Å². The van der Waals surface area contributed by atoms with E-state index in [0.29, 0.717) is 25.7 Å². The van der Waals surface area contributed by atoms with Gasteiger partial charge in [-0.1, -0.05) is 51.9 Å². The van der Waals surface area contributed by atoms with Gasteiger partial charge in [0.2, 0.25) is 0 Å². The smallest absolute Gasteiger partial charge is 0.303 e. The van der Waals surface area contributed by atoms with Gasteiger partial charge >= 0.3 is 5.97 Å². The van der Waals surface area contributed by atoms with Crippen LogP contribution in [0.25, 0.3) is 0 Å². The average Bonchev–Trinajstić information content (AvgIpc) is 2.45. The number of alkyl halides is 3. The summed E-state index contributed by atoms with van der Waals surface area (Å²) in [6.45, 7) is 2.03. The zero-order valence-electron chi connectivity index (χ0n) is 15.4. The molecule has 0 heterocycles. The summed E-state index contributed by atoms with van der Waals surface area (Å²) in [4.78, 5) is 10.3. The number of halogens is 3. The van der Waals surface area contributed by atoms with Crippen molar-refractivity contribution in [2.45, 2.75) is 109 Å². The minimum atomic E-state index is -1.39. The van der Waals surface area contributed by atoms with E-state index in [-0.39, 0.29) is 48.8 Å². The molecule has 0 aromatic heterocycles. The van der Waals surface area contributed by atoms with Crippen molar-refractivity contribution in [3.63, 3.8) is 0 Å². The van der Waals surface area contributed by atoms with E-state index in [9.17, 15) is 18.0 Å². The fraction of sp³-hybridized carbons (Fsp3) is 0.944. The monoisotopic (exact) mass is 361 g/mol. The van der Waals surface area contributed by atoms with Crippen LogP contribution >= 0.6 is 0 Å². The second kappa shape index (κ2) is 18.1. The second-order valence-electron chi connectivity index (χ2n) is 6.46. The van der Waals surface area contributed by atoms with Crippen molar-refractivity contribution < 1.29 is 23.1 Å². The molecular formula is C18H33F3NaO2. The predicted molar refractivity (Wildman–Crippen MR) is 93.8 cm³/mol. The number of carbonyl (C=O) groups is 1. The Morgan fingerprint density at radius 1 is 0.792 bits per heavy atom. The Morgan fingerprint density at radius 3 is 1.75 bits per heavy atom. The normalized spacial score (nSPS) is 14.7.